The molecule has 0 amide bonds. The Morgan fingerprint density at radius 1 is 1.54 bits per heavy atom. The largest absolute Gasteiger partial charge is 0.335 e. The number of thioether (sulfide) groups is 1. The SMILES string of the molecule is CCCSc1ccc2[nH][c]nc2c1. The smallest absolute Gasteiger partial charge is 0.174 e. The molecule has 0 bridgehead atoms. The van der Waals surface area contributed by atoms with E-state index in [4.69, 9.17) is 0 Å². The van der Waals surface area contributed by atoms with Gasteiger partial charge in [0.1, 0.15) is 0 Å². The van der Waals surface area contributed by atoms with Crippen LogP contribution >= 0.6 is 11.8 Å². The molecule has 1 heterocycles. The van der Waals surface area contributed by atoms with Gasteiger partial charge in [0.05, 0.1) is 11.0 Å². The second kappa shape index (κ2) is 3.83. The molecule has 0 atom stereocenters. The van der Waals surface area contributed by atoms with Gasteiger partial charge in [-0.15, -0.1) is 11.8 Å². The van der Waals surface area contributed by atoms with E-state index in [1.165, 1.54) is 17.1 Å². The number of benzene rings is 1. The van der Waals surface area contributed by atoms with Crippen molar-refractivity contribution in [2.75, 3.05) is 5.75 Å². The van der Waals surface area contributed by atoms with E-state index in [9.17, 15) is 0 Å². The average molecular weight is 191 g/mol. The van der Waals surface area contributed by atoms with Gasteiger partial charge in [0, 0.05) is 4.90 Å². The molecule has 0 unspecified atom stereocenters. The third-order valence-corrected chi connectivity index (χ3v) is 3.01. The Morgan fingerprint density at radius 3 is 3.31 bits per heavy atom. The van der Waals surface area contributed by atoms with Crippen LogP contribution in [0.4, 0.5) is 0 Å². The molecule has 2 nitrogen and oxygen atoms in total. The molecule has 0 aliphatic rings. The van der Waals surface area contributed by atoms with Gasteiger partial charge in [-0.3, -0.25) is 0 Å². The average Bonchev–Trinajstić information content (AvgIpc) is 2.61. The number of hydrogen-bond donors (Lipinski definition) is 1. The zero-order valence-corrected chi connectivity index (χ0v) is 8.32. The predicted octanol–water partition coefficient (Wildman–Crippen LogP) is 2.87. The van der Waals surface area contributed by atoms with E-state index in [-0.39, 0.29) is 0 Å². The van der Waals surface area contributed by atoms with Crippen molar-refractivity contribution < 1.29 is 0 Å². The number of rotatable bonds is 3. The number of H-pyrrole nitrogens is 1. The first-order valence-corrected chi connectivity index (χ1v) is 5.37. The summed E-state index contributed by atoms with van der Waals surface area (Å²) in [7, 11) is 0. The first kappa shape index (κ1) is 8.63. The second-order valence-corrected chi connectivity index (χ2v) is 4.04. The van der Waals surface area contributed by atoms with Crippen molar-refractivity contribution in [1.82, 2.24) is 9.97 Å². The Kier molecular flexibility index (Phi) is 2.54. The quantitative estimate of drug-likeness (QED) is 0.756. The summed E-state index contributed by atoms with van der Waals surface area (Å²) < 4.78 is 0. The monoisotopic (exact) mass is 191 g/mol. The summed E-state index contributed by atoms with van der Waals surface area (Å²) in [5.74, 6) is 1.17. The van der Waals surface area contributed by atoms with E-state index >= 15 is 0 Å². The summed E-state index contributed by atoms with van der Waals surface area (Å²) >= 11 is 1.87. The predicted molar refractivity (Wildman–Crippen MR) is 55.9 cm³/mol. The molecule has 2 rings (SSSR count). The lowest BCUT2D eigenvalue weighted by atomic mass is 10.3. The highest BCUT2D eigenvalue weighted by Gasteiger charge is 1.98. The van der Waals surface area contributed by atoms with Crippen molar-refractivity contribution in [2.24, 2.45) is 0 Å². The lowest BCUT2D eigenvalue weighted by Gasteiger charge is -1.98. The zero-order valence-electron chi connectivity index (χ0n) is 7.50. The highest BCUT2D eigenvalue weighted by atomic mass is 32.2. The van der Waals surface area contributed by atoms with Gasteiger partial charge in [-0.2, -0.15) is 0 Å². The fourth-order valence-electron chi connectivity index (χ4n) is 1.17. The lowest BCUT2D eigenvalue weighted by molar-refractivity contribution is 1.10. The normalized spacial score (nSPS) is 10.8. The first-order chi connectivity index (χ1) is 6.40. The zero-order chi connectivity index (χ0) is 9.10. The maximum absolute atomic E-state index is 4.09. The molecule has 1 N–H and O–H groups in total. The number of fused-ring (bicyclic) bond motifs is 1. The van der Waals surface area contributed by atoms with Crippen LogP contribution in [0.1, 0.15) is 13.3 Å². The van der Waals surface area contributed by atoms with Gasteiger partial charge in [0.25, 0.3) is 0 Å². The minimum absolute atomic E-state index is 1.00. The third kappa shape index (κ3) is 1.86. The highest BCUT2D eigenvalue weighted by Crippen LogP contribution is 2.21. The fraction of sp³-hybridized carbons (Fsp3) is 0.300. The van der Waals surface area contributed by atoms with Crippen molar-refractivity contribution in [2.45, 2.75) is 18.2 Å². The number of aromatic nitrogens is 2. The molecule has 0 aliphatic carbocycles. The molecule has 0 spiro atoms. The number of nitrogens with zero attached hydrogens (tertiary/aromatic N) is 1. The van der Waals surface area contributed by atoms with E-state index in [0.717, 1.165) is 11.0 Å². The molecule has 0 saturated heterocycles. The summed E-state index contributed by atoms with van der Waals surface area (Å²) in [4.78, 5) is 8.34. The van der Waals surface area contributed by atoms with Crippen LogP contribution in [0.3, 0.4) is 0 Å². The molecule has 13 heavy (non-hydrogen) atoms. The van der Waals surface area contributed by atoms with Crippen molar-refractivity contribution in [3.05, 3.63) is 24.5 Å². The van der Waals surface area contributed by atoms with Crippen LogP contribution in [-0.2, 0) is 0 Å². The van der Waals surface area contributed by atoms with E-state index in [1.54, 1.807) is 0 Å². The molecular formula is C10H11N2S. The Balaban J connectivity index is 2.26. The van der Waals surface area contributed by atoms with Gasteiger partial charge in [0.15, 0.2) is 6.33 Å². The van der Waals surface area contributed by atoms with Gasteiger partial charge < -0.3 is 4.98 Å². The van der Waals surface area contributed by atoms with E-state index in [0.29, 0.717) is 0 Å². The van der Waals surface area contributed by atoms with Gasteiger partial charge in [-0.05, 0) is 30.4 Å². The Labute approximate surface area is 81.8 Å². The van der Waals surface area contributed by atoms with E-state index in [1.807, 2.05) is 11.8 Å². The third-order valence-electron chi connectivity index (χ3n) is 1.81. The Morgan fingerprint density at radius 2 is 2.46 bits per heavy atom. The molecule has 0 fully saturated rings. The number of imidazole rings is 1. The molecular weight excluding hydrogens is 180 g/mol. The van der Waals surface area contributed by atoms with Crippen molar-refractivity contribution in [1.29, 1.82) is 0 Å². The molecule has 3 heteroatoms. The maximum Gasteiger partial charge on any atom is 0.174 e. The number of aromatic amines is 1. The summed E-state index contributed by atoms with van der Waals surface area (Å²) in [5.41, 5.74) is 2.06. The topological polar surface area (TPSA) is 28.7 Å². The number of hydrogen-bond acceptors (Lipinski definition) is 2. The highest BCUT2D eigenvalue weighted by molar-refractivity contribution is 7.99. The van der Waals surface area contributed by atoms with Crippen LogP contribution < -0.4 is 0 Å². The fourth-order valence-corrected chi connectivity index (χ4v) is 1.97. The van der Waals surface area contributed by atoms with Crippen molar-refractivity contribution in [3.8, 4) is 0 Å². The molecule has 0 aliphatic heterocycles. The molecule has 0 saturated carbocycles. The second-order valence-electron chi connectivity index (χ2n) is 2.88. The molecule has 1 aromatic carbocycles. The molecule has 1 radical (unpaired) electrons. The van der Waals surface area contributed by atoms with Gasteiger partial charge in [-0.1, -0.05) is 6.92 Å². The van der Waals surface area contributed by atoms with Gasteiger partial charge in [0.2, 0.25) is 0 Å². The van der Waals surface area contributed by atoms with Gasteiger partial charge in [-0.25, -0.2) is 4.98 Å². The van der Waals surface area contributed by atoms with E-state index < -0.39 is 0 Å². The van der Waals surface area contributed by atoms with Crippen molar-refractivity contribution >= 4 is 22.8 Å². The van der Waals surface area contributed by atoms with Crippen LogP contribution in [0.5, 0.6) is 0 Å². The summed E-state index contributed by atoms with van der Waals surface area (Å²) in [5, 5.41) is 0. The molecule has 2 aromatic rings. The number of nitrogens with one attached hydrogen (secondary N) is 1. The first-order valence-electron chi connectivity index (χ1n) is 4.39. The van der Waals surface area contributed by atoms with Crippen LogP contribution in [0, 0.1) is 6.33 Å². The molecule has 67 valence electrons. The lowest BCUT2D eigenvalue weighted by Crippen LogP contribution is -1.76. The van der Waals surface area contributed by atoms with Crippen LogP contribution in [0.15, 0.2) is 23.1 Å². The summed E-state index contributed by atoms with van der Waals surface area (Å²) in [6.07, 6.45) is 3.94. The maximum atomic E-state index is 4.09. The standard InChI is InChI=1S/C10H11N2S/c1-2-5-13-8-3-4-9-10(6-8)12-7-11-9/h3-4,6H,2,5H2,1H3,(H,11,12). The van der Waals surface area contributed by atoms with Crippen molar-refractivity contribution in [3.63, 3.8) is 0 Å². The van der Waals surface area contributed by atoms with Crippen LogP contribution in [-0.4, -0.2) is 15.7 Å². The summed E-state index contributed by atoms with van der Waals surface area (Å²) in [6.45, 7) is 2.19. The summed E-state index contributed by atoms with van der Waals surface area (Å²) in [6, 6.07) is 6.27. The van der Waals surface area contributed by atoms with E-state index in [2.05, 4.69) is 41.4 Å². The Hall–Kier alpha value is -0.960. The minimum Gasteiger partial charge on any atom is -0.335 e. The van der Waals surface area contributed by atoms with Crippen LogP contribution in [0.2, 0.25) is 0 Å². The minimum atomic E-state index is 1.00. The molecule has 1 aromatic heterocycles. The van der Waals surface area contributed by atoms with Crippen LogP contribution in [0.25, 0.3) is 11.0 Å². The Bertz CT molecular complexity index is 394. The van der Waals surface area contributed by atoms with Gasteiger partial charge >= 0.3 is 0 Å².